The fraction of sp³-hybridized carbons (Fsp3) is 0.481. The molecule has 1 atom stereocenters. The van der Waals surface area contributed by atoms with E-state index in [1.807, 2.05) is 35.2 Å². The van der Waals surface area contributed by atoms with Crippen LogP contribution in [0.15, 0.2) is 48.5 Å². The second kappa shape index (κ2) is 10.7. The molecule has 1 unspecified atom stereocenters. The monoisotopic (exact) mass is 451 g/mol. The zero-order chi connectivity index (χ0) is 24.0. The van der Waals surface area contributed by atoms with E-state index in [9.17, 15) is 9.59 Å². The van der Waals surface area contributed by atoms with Crippen molar-refractivity contribution in [1.29, 1.82) is 0 Å². The molecule has 0 saturated carbocycles. The van der Waals surface area contributed by atoms with Gasteiger partial charge in [-0.1, -0.05) is 33.8 Å². The quantitative estimate of drug-likeness (QED) is 0.639. The zero-order valence-corrected chi connectivity index (χ0v) is 20.6. The van der Waals surface area contributed by atoms with Crippen LogP contribution in [0.5, 0.6) is 5.75 Å². The number of ether oxygens (including phenoxy) is 1. The molecule has 1 fully saturated rings. The summed E-state index contributed by atoms with van der Waals surface area (Å²) >= 11 is 0. The molecule has 1 aliphatic heterocycles. The number of rotatable bonds is 7. The van der Waals surface area contributed by atoms with Gasteiger partial charge in [0, 0.05) is 49.5 Å². The van der Waals surface area contributed by atoms with Gasteiger partial charge < -0.3 is 19.9 Å². The van der Waals surface area contributed by atoms with Gasteiger partial charge >= 0.3 is 0 Å². The average molecular weight is 452 g/mol. The van der Waals surface area contributed by atoms with Gasteiger partial charge in [-0.25, -0.2) is 0 Å². The number of hydrogen-bond acceptors (Lipinski definition) is 4. The van der Waals surface area contributed by atoms with Crippen LogP contribution < -0.4 is 15.0 Å². The van der Waals surface area contributed by atoms with Crippen molar-refractivity contribution in [3.8, 4) is 5.75 Å². The summed E-state index contributed by atoms with van der Waals surface area (Å²) < 4.78 is 5.19. The van der Waals surface area contributed by atoms with Gasteiger partial charge in [-0.2, -0.15) is 0 Å². The van der Waals surface area contributed by atoms with Crippen LogP contribution in [-0.4, -0.2) is 50.0 Å². The van der Waals surface area contributed by atoms with Crippen molar-refractivity contribution in [2.45, 2.75) is 40.5 Å². The van der Waals surface area contributed by atoms with Crippen molar-refractivity contribution in [3.05, 3.63) is 54.1 Å². The number of nitrogens with zero attached hydrogens (tertiary/aromatic N) is 2. The molecule has 178 valence electrons. The number of nitrogens with one attached hydrogen (secondary N) is 1. The predicted octanol–water partition coefficient (Wildman–Crippen LogP) is 5.06. The normalized spacial score (nSPS) is 15.2. The fourth-order valence-corrected chi connectivity index (χ4v) is 4.48. The van der Waals surface area contributed by atoms with Crippen molar-refractivity contribution < 1.29 is 14.3 Å². The number of carbonyl (C=O) groups is 2. The summed E-state index contributed by atoms with van der Waals surface area (Å²) in [6.07, 6.45) is 1.68. The standard InChI is InChI=1S/C27H37N3O3/c1-20(19-27(2,3)4)17-25(31)30-15-13-29(14-16-30)23-11-9-22(10-12-23)28-26(32)21-7-6-8-24(18-21)33-5/h6-12,18,20H,13-17,19H2,1-5H3,(H,28,32). The molecule has 0 spiro atoms. The fourth-order valence-electron chi connectivity index (χ4n) is 4.48. The first-order chi connectivity index (χ1) is 15.6. The molecule has 1 heterocycles. The van der Waals surface area contributed by atoms with Crippen LogP contribution >= 0.6 is 0 Å². The topological polar surface area (TPSA) is 61.9 Å². The molecule has 2 aromatic rings. The Hall–Kier alpha value is -3.02. The number of hydrogen-bond donors (Lipinski definition) is 1. The summed E-state index contributed by atoms with van der Waals surface area (Å²) in [5.41, 5.74) is 2.64. The molecule has 3 rings (SSSR count). The Morgan fingerprint density at radius 2 is 1.70 bits per heavy atom. The minimum absolute atomic E-state index is 0.172. The van der Waals surface area contributed by atoms with Crippen LogP contribution in [0.1, 0.15) is 50.9 Å². The highest BCUT2D eigenvalue weighted by Gasteiger charge is 2.24. The summed E-state index contributed by atoms with van der Waals surface area (Å²) in [6, 6.07) is 15.0. The lowest BCUT2D eigenvalue weighted by Crippen LogP contribution is -2.49. The van der Waals surface area contributed by atoms with E-state index in [4.69, 9.17) is 4.74 Å². The third-order valence-electron chi connectivity index (χ3n) is 5.94. The lowest BCUT2D eigenvalue weighted by molar-refractivity contribution is -0.132. The van der Waals surface area contributed by atoms with Gasteiger partial charge in [-0.15, -0.1) is 0 Å². The van der Waals surface area contributed by atoms with E-state index in [1.54, 1.807) is 25.3 Å². The van der Waals surface area contributed by atoms with Crippen LogP contribution in [0, 0.1) is 11.3 Å². The first-order valence-corrected chi connectivity index (χ1v) is 11.7. The molecule has 0 bridgehead atoms. The number of benzene rings is 2. The van der Waals surface area contributed by atoms with Gasteiger partial charge in [-0.05, 0) is 60.2 Å². The van der Waals surface area contributed by atoms with E-state index in [2.05, 4.69) is 37.9 Å². The Balaban J connectivity index is 1.50. The van der Waals surface area contributed by atoms with Gasteiger partial charge in [0.05, 0.1) is 7.11 Å². The maximum Gasteiger partial charge on any atom is 0.255 e. The van der Waals surface area contributed by atoms with E-state index in [1.165, 1.54) is 0 Å². The lowest BCUT2D eigenvalue weighted by Gasteiger charge is -2.37. The third-order valence-corrected chi connectivity index (χ3v) is 5.94. The average Bonchev–Trinajstić information content (AvgIpc) is 2.78. The highest BCUT2D eigenvalue weighted by Crippen LogP contribution is 2.27. The molecule has 0 aliphatic carbocycles. The zero-order valence-electron chi connectivity index (χ0n) is 20.6. The number of anilines is 2. The summed E-state index contributed by atoms with van der Waals surface area (Å²) in [5, 5.41) is 2.93. The van der Waals surface area contributed by atoms with E-state index < -0.39 is 0 Å². The lowest BCUT2D eigenvalue weighted by atomic mass is 9.84. The maximum absolute atomic E-state index is 12.7. The molecular formula is C27H37N3O3. The summed E-state index contributed by atoms with van der Waals surface area (Å²) in [5.74, 6) is 1.14. The van der Waals surface area contributed by atoms with Crippen molar-refractivity contribution in [2.24, 2.45) is 11.3 Å². The first kappa shape index (κ1) is 24.6. The number of amides is 2. The van der Waals surface area contributed by atoms with Gasteiger partial charge in [0.2, 0.25) is 5.91 Å². The number of methoxy groups -OCH3 is 1. The Kier molecular flexibility index (Phi) is 8.01. The third kappa shape index (κ3) is 7.24. The van der Waals surface area contributed by atoms with Crippen LogP contribution in [0.2, 0.25) is 0 Å². The smallest absolute Gasteiger partial charge is 0.255 e. The van der Waals surface area contributed by atoms with Crippen LogP contribution in [0.3, 0.4) is 0 Å². The largest absolute Gasteiger partial charge is 0.497 e. The van der Waals surface area contributed by atoms with Gasteiger partial charge in [-0.3, -0.25) is 9.59 Å². The van der Waals surface area contributed by atoms with E-state index in [0.717, 1.165) is 44.0 Å². The van der Waals surface area contributed by atoms with Crippen LogP contribution in [-0.2, 0) is 4.79 Å². The van der Waals surface area contributed by atoms with E-state index in [0.29, 0.717) is 23.7 Å². The Morgan fingerprint density at radius 3 is 2.30 bits per heavy atom. The van der Waals surface area contributed by atoms with Crippen LogP contribution in [0.4, 0.5) is 11.4 Å². The Morgan fingerprint density at radius 1 is 1.03 bits per heavy atom. The molecule has 2 aromatic carbocycles. The molecule has 0 aromatic heterocycles. The highest BCUT2D eigenvalue weighted by molar-refractivity contribution is 6.04. The maximum atomic E-state index is 12.7. The molecule has 1 aliphatic rings. The number of piperazine rings is 1. The van der Waals surface area contributed by atoms with Gasteiger partial charge in [0.1, 0.15) is 5.75 Å². The molecule has 33 heavy (non-hydrogen) atoms. The highest BCUT2D eigenvalue weighted by atomic mass is 16.5. The summed E-state index contributed by atoms with van der Waals surface area (Å²) in [7, 11) is 1.58. The van der Waals surface area contributed by atoms with Crippen molar-refractivity contribution in [3.63, 3.8) is 0 Å². The SMILES string of the molecule is COc1cccc(C(=O)Nc2ccc(N3CCN(C(=O)CC(C)CC(C)(C)C)CC3)cc2)c1. The second-order valence-corrected chi connectivity index (χ2v) is 10.2. The van der Waals surface area contributed by atoms with Gasteiger partial charge in [0.25, 0.3) is 5.91 Å². The summed E-state index contributed by atoms with van der Waals surface area (Å²) in [4.78, 5) is 29.5. The molecular weight excluding hydrogens is 414 g/mol. The predicted molar refractivity (Wildman–Crippen MR) is 134 cm³/mol. The van der Waals surface area contributed by atoms with E-state index >= 15 is 0 Å². The summed E-state index contributed by atoms with van der Waals surface area (Å²) in [6.45, 7) is 12.0. The van der Waals surface area contributed by atoms with Crippen LogP contribution in [0.25, 0.3) is 0 Å². The van der Waals surface area contributed by atoms with Crippen molar-refractivity contribution >= 4 is 23.2 Å². The van der Waals surface area contributed by atoms with Gasteiger partial charge in [0.15, 0.2) is 0 Å². The minimum atomic E-state index is -0.172. The number of carbonyl (C=O) groups excluding carboxylic acids is 2. The first-order valence-electron chi connectivity index (χ1n) is 11.7. The molecule has 6 heteroatoms. The van der Waals surface area contributed by atoms with Crippen molar-refractivity contribution in [1.82, 2.24) is 4.90 Å². The Labute approximate surface area is 197 Å². The molecule has 1 saturated heterocycles. The molecule has 0 radical (unpaired) electrons. The molecule has 1 N–H and O–H groups in total. The Bertz CT molecular complexity index is 942. The molecule has 6 nitrogen and oxygen atoms in total. The van der Waals surface area contributed by atoms with Crippen molar-refractivity contribution in [2.75, 3.05) is 43.5 Å². The molecule has 2 amide bonds. The van der Waals surface area contributed by atoms with E-state index in [-0.39, 0.29) is 17.2 Å². The second-order valence-electron chi connectivity index (χ2n) is 10.2. The minimum Gasteiger partial charge on any atom is -0.497 e.